The van der Waals surface area contributed by atoms with Gasteiger partial charge in [-0.1, -0.05) is 0 Å². The van der Waals surface area contributed by atoms with E-state index in [1.54, 1.807) is 0 Å². The van der Waals surface area contributed by atoms with Crippen LogP contribution in [0.2, 0.25) is 0 Å². The Morgan fingerprint density at radius 1 is 1.30 bits per heavy atom. The van der Waals surface area contributed by atoms with Crippen molar-refractivity contribution in [3.8, 4) is 5.75 Å². The molecule has 7 heteroatoms. The van der Waals surface area contributed by atoms with Crippen molar-refractivity contribution in [2.75, 3.05) is 13.1 Å². The van der Waals surface area contributed by atoms with Gasteiger partial charge in [-0.25, -0.2) is 0 Å². The summed E-state index contributed by atoms with van der Waals surface area (Å²) in [6, 6.07) is 4.58. The summed E-state index contributed by atoms with van der Waals surface area (Å²) in [5.41, 5.74) is 0.299. The number of nitrogens with zero attached hydrogens (tertiary/aromatic N) is 1. The standard InChI is InChI=1S/C13H14N2O5/c16-9-3-1-8(2-4-9)13(20)15-6-5-14-12(19)10(15)7-11(17)18/h1-4,10,16H,5-7H2,(H,14,19)(H,17,18). The number of carboxylic acid groups (broad SMARTS) is 1. The maximum Gasteiger partial charge on any atom is 0.305 e. The summed E-state index contributed by atoms with van der Waals surface area (Å²) in [5, 5.41) is 20.6. The highest BCUT2D eigenvalue weighted by molar-refractivity contribution is 5.99. The lowest BCUT2D eigenvalue weighted by molar-refractivity contribution is -0.142. The lowest BCUT2D eigenvalue weighted by Gasteiger charge is -2.34. The Labute approximate surface area is 114 Å². The minimum Gasteiger partial charge on any atom is -0.508 e. The van der Waals surface area contributed by atoms with Crippen LogP contribution >= 0.6 is 0 Å². The minimum absolute atomic E-state index is 0.0278. The number of rotatable bonds is 3. The van der Waals surface area contributed by atoms with E-state index in [0.29, 0.717) is 12.1 Å². The fourth-order valence-corrected chi connectivity index (χ4v) is 2.10. The van der Waals surface area contributed by atoms with Gasteiger partial charge in [0.2, 0.25) is 5.91 Å². The minimum atomic E-state index is -1.14. The van der Waals surface area contributed by atoms with Crippen molar-refractivity contribution in [2.45, 2.75) is 12.5 Å². The van der Waals surface area contributed by atoms with Gasteiger partial charge in [0.05, 0.1) is 6.42 Å². The maximum absolute atomic E-state index is 12.3. The topological polar surface area (TPSA) is 107 Å². The van der Waals surface area contributed by atoms with Crippen molar-refractivity contribution < 1.29 is 24.6 Å². The summed E-state index contributed by atoms with van der Waals surface area (Å²) in [5.74, 6) is -2.01. The van der Waals surface area contributed by atoms with E-state index >= 15 is 0 Å². The number of hydrogen-bond donors (Lipinski definition) is 3. The van der Waals surface area contributed by atoms with E-state index in [9.17, 15) is 19.5 Å². The number of phenolic OH excluding ortho intramolecular Hbond substituents is 1. The molecule has 1 unspecified atom stereocenters. The number of amides is 2. The molecule has 2 amide bonds. The fourth-order valence-electron chi connectivity index (χ4n) is 2.10. The van der Waals surface area contributed by atoms with Crippen molar-refractivity contribution in [2.24, 2.45) is 0 Å². The molecule has 1 saturated heterocycles. The van der Waals surface area contributed by atoms with Crippen LogP contribution in [0.4, 0.5) is 0 Å². The predicted molar refractivity (Wildman–Crippen MR) is 68.2 cm³/mol. The third-order valence-corrected chi connectivity index (χ3v) is 3.07. The van der Waals surface area contributed by atoms with Gasteiger partial charge in [-0.3, -0.25) is 14.4 Å². The third kappa shape index (κ3) is 2.87. The lowest BCUT2D eigenvalue weighted by Crippen LogP contribution is -2.57. The first-order valence-corrected chi connectivity index (χ1v) is 6.08. The molecule has 1 atom stereocenters. The highest BCUT2D eigenvalue weighted by atomic mass is 16.4. The third-order valence-electron chi connectivity index (χ3n) is 3.07. The van der Waals surface area contributed by atoms with Gasteiger partial charge in [-0.05, 0) is 24.3 Å². The number of hydrogen-bond acceptors (Lipinski definition) is 4. The van der Waals surface area contributed by atoms with E-state index in [4.69, 9.17) is 5.11 Å². The quantitative estimate of drug-likeness (QED) is 0.710. The number of nitrogens with one attached hydrogen (secondary N) is 1. The lowest BCUT2D eigenvalue weighted by atomic mass is 10.1. The fraction of sp³-hybridized carbons (Fsp3) is 0.308. The molecule has 3 N–H and O–H groups in total. The van der Waals surface area contributed by atoms with Crippen LogP contribution in [0.1, 0.15) is 16.8 Å². The SMILES string of the molecule is O=C(O)CC1C(=O)NCCN1C(=O)c1ccc(O)cc1. The molecule has 1 aromatic carbocycles. The summed E-state index contributed by atoms with van der Waals surface area (Å²) in [7, 11) is 0. The summed E-state index contributed by atoms with van der Waals surface area (Å²) in [6.07, 6.45) is -0.435. The molecule has 1 aliphatic heterocycles. The van der Waals surface area contributed by atoms with Gasteiger partial charge in [0, 0.05) is 18.7 Å². The predicted octanol–water partition coefficient (Wildman–Crippen LogP) is -0.193. The van der Waals surface area contributed by atoms with E-state index in [2.05, 4.69) is 5.32 Å². The van der Waals surface area contributed by atoms with Crippen molar-refractivity contribution in [1.82, 2.24) is 10.2 Å². The Hall–Kier alpha value is -2.57. The number of carboxylic acids is 1. The monoisotopic (exact) mass is 278 g/mol. The Kier molecular flexibility index (Phi) is 3.88. The average Bonchev–Trinajstić information content (AvgIpc) is 2.41. The molecule has 0 bridgehead atoms. The van der Waals surface area contributed by atoms with Gasteiger partial charge >= 0.3 is 5.97 Å². The van der Waals surface area contributed by atoms with E-state index in [1.165, 1.54) is 29.2 Å². The van der Waals surface area contributed by atoms with Gasteiger partial charge in [0.1, 0.15) is 11.8 Å². The Morgan fingerprint density at radius 2 is 1.95 bits per heavy atom. The Balaban J connectivity index is 2.23. The zero-order valence-electron chi connectivity index (χ0n) is 10.6. The molecule has 0 aliphatic carbocycles. The maximum atomic E-state index is 12.3. The number of phenols is 1. The van der Waals surface area contributed by atoms with Crippen molar-refractivity contribution >= 4 is 17.8 Å². The molecular formula is C13H14N2O5. The van der Waals surface area contributed by atoms with E-state index in [-0.39, 0.29) is 12.3 Å². The zero-order valence-corrected chi connectivity index (χ0v) is 10.6. The second-order valence-electron chi connectivity index (χ2n) is 4.45. The van der Waals surface area contributed by atoms with Crippen LogP contribution in [-0.2, 0) is 9.59 Å². The Bertz CT molecular complexity index is 540. The number of carbonyl (C=O) groups excluding carboxylic acids is 2. The number of piperazine rings is 1. The molecule has 106 valence electrons. The molecule has 7 nitrogen and oxygen atoms in total. The molecule has 1 heterocycles. The average molecular weight is 278 g/mol. The van der Waals surface area contributed by atoms with Crippen LogP contribution in [0.15, 0.2) is 24.3 Å². The summed E-state index contributed by atoms with van der Waals surface area (Å²) >= 11 is 0. The smallest absolute Gasteiger partial charge is 0.305 e. The van der Waals surface area contributed by atoms with E-state index in [1.807, 2.05) is 0 Å². The van der Waals surface area contributed by atoms with Crippen LogP contribution in [0, 0.1) is 0 Å². The van der Waals surface area contributed by atoms with E-state index in [0.717, 1.165) is 0 Å². The van der Waals surface area contributed by atoms with E-state index < -0.39 is 30.2 Å². The van der Waals surface area contributed by atoms with Crippen molar-refractivity contribution in [3.63, 3.8) is 0 Å². The highest BCUT2D eigenvalue weighted by Gasteiger charge is 2.35. The molecule has 20 heavy (non-hydrogen) atoms. The number of carbonyl (C=O) groups is 3. The summed E-state index contributed by atoms with van der Waals surface area (Å²) < 4.78 is 0. The first-order valence-electron chi connectivity index (χ1n) is 6.08. The van der Waals surface area contributed by atoms with Crippen LogP contribution in [-0.4, -0.2) is 52.0 Å². The molecule has 1 fully saturated rings. The number of aliphatic carboxylic acids is 1. The van der Waals surface area contributed by atoms with Crippen LogP contribution in [0.3, 0.4) is 0 Å². The zero-order chi connectivity index (χ0) is 14.7. The van der Waals surface area contributed by atoms with Crippen molar-refractivity contribution in [3.05, 3.63) is 29.8 Å². The van der Waals surface area contributed by atoms with Crippen LogP contribution in [0.25, 0.3) is 0 Å². The molecule has 2 rings (SSSR count). The molecule has 0 radical (unpaired) electrons. The van der Waals surface area contributed by atoms with Gasteiger partial charge in [-0.15, -0.1) is 0 Å². The second-order valence-corrected chi connectivity index (χ2v) is 4.45. The normalized spacial score (nSPS) is 18.5. The molecule has 0 aromatic heterocycles. The van der Waals surface area contributed by atoms with Gasteiger partial charge in [0.15, 0.2) is 0 Å². The Morgan fingerprint density at radius 3 is 2.55 bits per heavy atom. The largest absolute Gasteiger partial charge is 0.508 e. The summed E-state index contributed by atoms with van der Waals surface area (Å²) in [6.45, 7) is 0.544. The highest BCUT2D eigenvalue weighted by Crippen LogP contribution is 2.16. The number of aromatic hydroxyl groups is 1. The first kappa shape index (κ1) is 13.9. The molecular weight excluding hydrogens is 264 g/mol. The summed E-state index contributed by atoms with van der Waals surface area (Å²) in [4.78, 5) is 36.1. The van der Waals surface area contributed by atoms with Crippen molar-refractivity contribution in [1.29, 1.82) is 0 Å². The van der Waals surface area contributed by atoms with Crippen LogP contribution in [0.5, 0.6) is 5.75 Å². The van der Waals surface area contributed by atoms with Crippen LogP contribution < -0.4 is 5.32 Å². The molecule has 0 saturated carbocycles. The van der Waals surface area contributed by atoms with Gasteiger partial charge in [0.25, 0.3) is 5.91 Å². The molecule has 1 aliphatic rings. The van der Waals surface area contributed by atoms with Gasteiger partial charge < -0.3 is 20.4 Å². The molecule has 1 aromatic rings. The molecule has 0 spiro atoms. The first-order chi connectivity index (χ1) is 9.49. The second kappa shape index (κ2) is 5.60. The number of benzene rings is 1. The van der Waals surface area contributed by atoms with Gasteiger partial charge in [-0.2, -0.15) is 0 Å².